The minimum atomic E-state index is -2.27. The molecule has 1 aliphatic heterocycles. The van der Waals surface area contributed by atoms with E-state index in [1.54, 1.807) is 0 Å². The molecule has 31 heavy (non-hydrogen) atoms. The van der Waals surface area contributed by atoms with Crippen molar-refractivity contribution in [2.75, 3.05) is 6.54 Å². The van der Waals surface area contributed by atoms with E-state index in [1.807, 2.05) is 0 Å². The summed E-state index contributed by atoms with van der Waals surface area (Å²) in [5.41, 5.74) is 2.26. The third-order valence-corrected chi connectivity index (χ3v) is 17.0. The molecular weight excluding hydrogens is 439 g/mol. The maximum Gasteiger partial charge on any atom is 0.260 e. The lowest BCUT2D eigenvalue weighted by Gasteiger charge is -2.41. The van der Waals surface area contributed by atoms with Crippen LogP contribution < -0.4 is 0 Å². The van der Waals surface area contributed by atoms with Gasteiger partial charge in [0.25, 0.3) is 11.8 Å². The Morgan fingerprint density at radius 2 is 1.13 bits per heavy atom. The highest BCUT2D eigenvalue weighted by Gasteiger charge is 2.55. The number of hydrogen-bond donors (Lipinski definition) is 0. The zero-order valence-electron chi connectivity index (χ0n) is 22.3. The van der Waals surface area contributed by atoms with Gasteiger partial charge in [-0.05, 0) is 42.7 Å². The van der Waals surface area contributed by atoms with Crippen molar-refractivity contribution < 1.29 is 18.4 Å². The van der Waals surface area contributed by atoms with Gasteiger partial charge in [-0.1, -0.05) is 73.0 Å². The lowest BCUT2D eigenvalue weighted by molar-refractivity contribution is -0.141. The van der Waals surface area contributed by atoms with Crippen molar-refractivity contribution in [1.29, 1.82) is 0 Å². The molecule has 0 aromatic carbocycles. The second-order valence-electron chi connectivity index (χ2n) is 13.0. The van der Waals surface area contributed by atoms with Gasteiger partial charge in [0.15, 0.2) is 28.8 Å². The molecule has 1 rings (SSSR count). The van der Waals surface area contributed by atoms with E-state index < -0.39 is 36.9 Å². The first-order valence-electron chi connectivity index (χ1n) is 11.5. The van der Waals surface area contributed by atoms with Gasteiger partial charge >= 0.3 is 0 Å². The Morgan fingerprint density at radius 3 is 1.42 bits per heavy atom. The minimum absolute atomic E-state index is 0.0641. The molecule has 180 valence electrons. The average Bonchev–Trinajstić information content (AvgIpc) is 2.72. The van der Waals surface area contributed by atoms with Gasteiger partial charge in [0.05, 0.1) is 8.07 Å². The zero-order valence-corrected chi connectivity index (χ0v) is 25.3. The molecule has 0 spiro atoms. The molecule has 0 radical (unpaired) electrons. The SMILES string of the molecule is CC(C)(C)[Si](C)(C)O[C@H]1C(=O)N(CC/C=C\[Si](C)(C)C)C(=O)[C@@H]1O[Si](C)(C)C(C)(C)C. The second-order valence-corrected chi connectivity index (χ2v) is 27.6. The van der Waals surface area contributed by atoms with E-state index in [0.717, 1.165) is 0 Å². The molecule has 1 heterocycles. The van der Waals surface area contributed by atoms with Crippen molar-refractivity contribution in [2.24, 2.45) is 0 Å². The molecule has 1 fully saturated rings. The summed E-state index contributed by atoms with van der Waals surface area (Å²) in [6.45, 7) is 28.5. The molecule has 0 aromatic rings. The van der Waals surface area contributed by atoms with Crippen LogP contribution in [0.25, 0.3) is 0 Å². The van der Waals surface area contributed by atoms with Crippen LogP contribution in [0.4, 0.5) is 0 Å². The molecule has 0 bridgehead atoms. The van der Waals surface area contributed by atoms with Crippen LogP contribution in [0, 0.1) is 0 Å². The van der Waals surface area contributed by atoms with Crippen LogP contribution in [0.1, 0.15) is 48.0 Å². The fraction of sp³-hybridized carbons (Fsp3) is 0.826. The van der Waals surface area contributed by atoms with Gasteiger partial charge in [-0.15, -0.1) is 0 Å². The molecule has 5 nitrogen and oxygen atoms in total. The number of nitrogens with zero attached hydrogens (tertiary/aromatic N) is 1. The number of amides is 2. The summed E-state index contributed by atoms with van der Waals surface area (Å²) in [7, 11) is -5.85. The smallest absolute Gasteiger partial charge is 0.260 e. The summed E-state index contributed by atoms with van der Waals surface area (Å²) in [4.78, 5) is 28.1. The summed E-state index contributed by atoms with van der Waals surface area (Å²) < 4.78 is 13.0. The summed E-state index contributed by atoms with van der Waals surface area (Å²) >= 11 is 0. The topological polar surface area (TPSA) is 55.8 Å². The predicted octanol–water partition coefficient (Wildman–Crippen LogP) is 5.96. The lowest BCUT2D eigenvalue weighted by Crippen LogP contribution is -2.52. The fourth-order valence-electron chi connectivity index (χ4n) is 2.75. The van der Waals surface area contributed by atoms with E-state index in [4.69, 9.17) is 8.85 Å². The van der Waals surface area contributed by atoms with Gasteiger partial charge in [0.2, 0.25) is 0 Å². The van der Waals surface area contributed by atoms with E-state index in [9.17, 15) is 9.59 Å². The van der Waals surface area contributed by atoms with Crippen LogP contribution in [0.5, 0.6) is 0 Å². The van der Waals surface area contributed by atoms with E-state index in [2.05, 4.69) is 99.1 Å². The number of hydrogen-bond acceptors (Lipinski definition) is 4. The van der Waals surface area contributed by atoms with Crippen LogP contribution in [-0.4, -0.2) is 60.2 Å². The third-order valence-electron chi connectivity index (χ3n) is 6.89. The van der Waals surface area contributed by atoms with Crippen molar-refractivity contribution >= 4 is 36.5 Å². The summed E-state index contributed by atoms with van der Waals surface area (Å²) in [5, 5.41) is -0.128. The zero-order chi connectivity index (χ0) is 24.6. The Labute approximate surface area is 194 Å². The van der Waals surface area contributed by atoms with Crippen LogP contribution in [0.3, 0.4) is 0 Å². The van der Waals surface area contributed by atoms with E-state index in [0.29, 0.717) is 13.0 Å². The van der Waals surface area contributed by atoms with Crippen molar-refractivity contribution in [3.63, 3.8) is 0 Å². The number of likely N-dealkylation sites (tertiary alicyclic amines) is 1. The summed E-state index contributed by atoms with van der Waals surface area (Å²) in [6.07, 6.45) is 1.09. The summed E-state index contributed by atoms with van der Waals surface area (Å²) in [6, 6.07) is 0. The van der Waals surface area contributed by atoms with Crippen molar-refractivity contribution in [3.8, 4) is 0 Å². The molecule has 0 aliphatic carbocycles. The van der Waals surface area contributed by atoms with E-state index in [1.165, 1.54) is 4.90 Å². The van der Waals surface area contributed by atoms with E-state index in [-0.39, 0.29) is 21.9 Å². The molecule has 2 amide bonds. The van der Waals surface area contributed by atoms with Crippen LogP contribution >= 0.6 is 0 Å². The monoisotopic (exact) mass is 485 g/mol. The highest BCUT2D eigenvalue weighted by molar-refractivity contribution is 6.81. The van der Waals surface area contributed by atoms with Gasteiger partial charge in [-0.2, -0.15) is 0 Å². The van der Waals surface area contributed by atoms with Crippen molar-refractivity contribution in [1.82, 2.24) is 4.90 Å². The number of rotatable bonds is 8. The maximum absolute atomic E-state index is 13.4. The third kappa shape index (κ3) is 7.22. The molecule has 1 saturated heterocycles. The first kappa shape index (κ1) is 28.5. The largest absolute Gasteiger partial charge is 0.403 e. The number of imide groups is 1. The molecule has 8 heteroatoms. The predicted molar refractivity (Wildman–Crippen MR) is 138 cm³/mol. The molecule has 0 aromatic heterocycles. The molecule has 2 atom stereocenters. The van der Waals surface area contributed by atoms with Gasteiger partial charge in [0.1, 0.15) is 0 Å². The molecular formula is C23H47NO4Si3. The Morgan fingerprint density at radius 1 is 0.774 bits per heavy atom. The van der Waals surface area contributed by atoms with Gasteiger partial charge < -0.3 is 8.85 Å². The Bertz CT molecular complexity index is 651. The Balaban J connectivity index is 3.21. The second kappa shape index (κ2) is 9.37. The molecule has 0 saturated carbocycles. The van der Waals surface area contributed by atoms with Gasteiger partial charge in [-0.3, -0.25) is 14.5 Å². The van der Waals surface area contributed by atoms with E-state index >= 15 is 0 Å². The van der Waals surface area contributed by atoms with Gasteiger partial charge in [0, 0.05) is 6.54 Å². The standard InChI is InChI=1S/C23H47NO4Si3/c1-22(2,3)30(10,11)27-18-19(28-31(12,13)23(4,5)6)21(26)24(20(18)25)16-14-15-17-29(7,8)9/h15,17-19H,14,16H2,1-13H3/b17-15-/t18-,19-/m1/s1. The Kier molecular flexibility index (Phi) is 8.61. The highest BCUT2D eigenvalue weighted by Crippen LogP contribution is 2.42. The van der Waals surface area contributed by atoms with Crippen molar-refractivity contribution in [3.05, 3.63) is 11.8 Å². The lowest BCUT2D eigenvalue weighted by atomic mass is 10.2. The first-order chi connectivity index (χ1) is 13.6. The first-order valence-corrected chi connectivity index (χ1v) is 20.9. The quantitative estimate of drug-likeness (QED) is 0.314. The molecule has 1 aliphatic rings. The fourth-order valence-corrected chi connectivity index (χ4v) is 6.05. The normalized spacial score (nSPS) is 22.2. The van der Waals surface area contributed by atoms with Crippen LogP contribution in [0.15, 0.2) is 11.8 Å². The van der Waals surface area contributed by atoms with Crippen LogP contribution in [-0.2, 0) is 18.4 Å². The van der Waals surface area contributed by atoms with Crippen LogP contribution in [0.2, 0.25) is 55.9 Å². The Hall–Kier alpha value is -0.549. The van der Waals surface area contributed by atoms with Gasteiger partial charge in [-0.25, -0.2) is 0 Å². The minimum Gasteiger partial charge on any atom is -0.403 e. The number of carbonyl (C=O) groups excluding carboxylic acids is 2. The molecule has 0 N–H and O–H groups in total. The summed E-state index contributed by atoms with van der Waals surface area (Å²) in [5.74, 6) is -0.472. The average molecular weight is 486 g/mol. The maximum atomic E-state index is 13.4. The number of carbonyl (C=O) groups is 2. The van der Waals surface area contributed by atoms with Crippen molar-refractivity contribution in [2.45, 2.75) is 116 Å². The highest BCUT2D eigenvalue weighted by atomic mass is 28.4. The molecule has 0 unspecified atom stereocenters.